The number of furan rings is 1. The Kier molecular flexibility index (Phi) is 5.91. The van der Waals surface area contributed by atoms with E-state index in [2.05, 4.69) is 10.6 Å². The van der Waals surface area contributed by atoms with Crippen LogP contribution < -0.4 is 10.6 Å². The van der Waals surface area contributed by atoms with Crippen LogP contribution in [0.4, 0.5) is 5.69 Å². The molecule has 2 amide bonds. The number of carbonyl (C=O) groups is 2. The number of nitrogens with one attached hydrogen (secondary N) is 2. The maximum Gasteiger partial charge on any atom is 0.253 e. The van der Waals surface area contributed by atoms with E-state index in [4.69, 9.17) is 9.15 Å². The van der Waals surface area contributed by atoms with Gasteiger partial charge in [0, 0.05) is 23.2 Å². The number of benzene rings is 3. The van der Waals surface area contributed by atoms with Gasteiger partial charge < -0.3 is 19.8 Å². The van der Waals surface area contributed by atoms with Crippen LogP contribution in [0.1, 0.15) is 40.6 Å². The Morgan fingerprint density at radius 3 is 2.52 bits per heavy atom. The van der Waals surface area contributed by atoms with Gasteiger partial charge in [0.1, 0.15) is 23.5 Å². The molecule has 4 aromatic rings. The summed E-state index contributed by atoms with van der Waals surface area (Å²) in [5, 5.41) is 6.92. The van der Waals surface area contributed by atoms with Crippen LogP contribution in [-0.4, -0.2) is 24.5 Å². The Morgan fingerprint density at radius 1 is 0.909 bits per heavy atom. The van der Waals surface area contributed by atoms with Crippen molar-refractivity contribution < 1.29 is 18.7 Å². The Bertz CT molecular complexity index is 1240. The van der Waals surface area contributed by atoms with Gasteiger partial charge in [0.15, 0.2) is 0 Å². The monoisotopic (exact) mass is 440 g/mol. The van der Waals surface area contributed by atoms with Crippen LogP contribution >= 0.6 is 0 Å². The molecule has 2 heterocycles. The van der Waals surface area contributed by atoms with Gasteiger partial charge in [-0.1, -0.05) is 54.6 Å². The third-order valence-corrected chi connectivity index (χ3v) is 5.75. The second-order valence-corrected chi connectivity index (χ2v) is 8.08. The van der Waals surface area contributed by atoms with Crippen LogP contribution in [0.2, 0.25) is 0 Å². The smallest absolute Gasteiger partial charge is 0.253 e. The fourth-order valence-corrected chi connectivity index (χ4v) is 4.07. The highest BCUT2D eigenvalue weighted by Crippen LogP contribution is 2.29. The summed E-state index contributed by atoms with van der Waals surface area (Å²) < 4.78 is 11.5. The number of rotatable bonds is 6. The fraction of sp³-hybridized carbons (Fsp3) is 0.185. The lowest BCUT2D eigenvalue weighted by Gasteiger charge is -2.18. The lowest BCUT2D eigenvalue weighted by Crippen LogP contribution is -2.29. The number of ether oxygens (including phenoxy) is 1. The van der Waals surface area contributed by atoms with E-state index in [0.29, 0.717) is 30.0 Å². The Hall–Kier alpha value is -3.90. The molecule has 6 heteroatoms. The van der Waals surface area contributed by atoms with E-state index in [1.807, 2.05) is 60.7 Å². The summed E-state index contributed by atoms with van der Waals surface area (Å²) >= 11 is 0. The van der Waals surface area contributed by atoms with Gasteiger partial charge in [-0.2, -0.15) is 0 Å². The van der Waals surface area contributed by atoms with E-state index in [1.165, 1.54) is 0 Å². The van der Waals surface area contributed by atoms with Gasteiger partial charge in [-0.15, -0.1) is 0 Å². The van der Waals surface area contributed by atoms with Crippen LogP contribution in [0.3, 0.4) is 0 Å². The van der Waals surface area contributed by atoms with E-state index in [0.717, 1.165) is 23.0 Å². The molecular formula is C27H24N2O4. The second-order valence-electron chi connectivity index (χ2n) is 8.08. The van der Waals surface area contributed by atoms with Crippen molar-refractivity contribution in [2.45, 2.75) is 25.0 Å². The van der Waals surface area contributed by atoms with E-state index in [9.17, 15) is 9.59 Å². The minimum absolute atomic E-state index is 0.186. The predicted octanol–water partition coefficient (Wildman–Crippen LogP) is 5.07. The highest BCUT2D eigenvalue weighted by molar-refractivity contribution is 5.98. The molecule has 33 heavy (non-hydrogen) atoms. The number of fused-ring (bicyclic) bond motifs is 1. The summed E-state index contributed by atoms with van der Waals surface area (Å²) in [7, 11) is 0. The molecule has 1 aliphatic rings. The SMILES string of the molecule is O=C(N[C@@H](c1ccccc1)c1cc2ccccc2o1)c1cccc(NC(=O)[C@H]2CCCO2)c1. The van der Waals surface area contributed by atoms with Crippen LogP contribution in [0.25, 0.3) is 11.0 Å². The first-order valence-corrected chi connectivity index (χ1v) is 11.0. The summed E-state index contributed by atoms with van der Waals surface area (Å²) in [4.78, 5) is 25.6. The molecule has 0 spiro atoms. The van der Waals surface area contributed by atoms with Gasteiger partial charge in [0.25, 0.3) is 11.8 Å². The van der Waals surface area contributed by atoms with Gasteiger partial charge in [0.2, 0.25) is 0 Å². The van der Waals surface area contributed by atoms with Crippen molar-refractivity contribution in [1.82, 2.24) is 5.32 Å². The molecule has 0 radical (unpaired) electrons. The van der Waals surface area contributed by atoms with Crippen molar-refractivity contribution in [2.24, 2.45) is 0 Å². The maximum absolute atomic E-state index is 13.2. The molecule has 6 nitrogen and oxygen atoms in total. The molecule has 166 valence electrons. The quantitative estimate of drug-likeness (QED) is 0.439. The van der Waals surface area contributed by atoms with Gasteiger partial charge in [-0.05, 0) is 48.7 Å². The molecule has 1 saturated heterocycles. The molecule has 5 rings (SSSR count). The van der Waals surface area contributed by atoms with Crippen molar-refractivity contribution in [1.29, 1.82) is 0 Å². The molecule has 2 N–H and O–H groups in total. The van der Waals surface area contributed by atoms with Crippen molar-refractivity contribution in [3.63, 3.8) is 0 Å². The number of para-hydroxylation sites is 1. The predicted molar refractivity (Wildman–Crippen MR) is 126 cm³/mol. The van der Waals surface area contributed by atoms with Crippen molar-refractivity contribution in [3.05, 3.63) is 102 Å². The number of hydrogen-bond donors (Lipinski definition) is 2. The van der Waals surface area contributed by atoms with Gasteiger partial charge in [-0.3, -0.25) is 9.59 Å². The van der Waals surface area contributed by atoms with Crippen LogP contribution in [0.15, 0.2) is 89.3 Å². The molecule has 1 aromatic heterocycles. The topological polar surface area (TPSA) is 80.6 Å². The van der Waals surface area contributed by atoms with Gasteiger partial charge >= 0.3 is 0 Å². The Morgan fingerprint density at radius 2 is 1.73 bits per heavy atom. The summed E-state index contributed by atoms with van der Waals surface area (Å²) in [5.74, 6) is 0.200. The molecule has 1 fully saturated rings. The molecule has 0 bridgehead atoms. The van der Waals surface area contributed by atoms with Crippen LogP contribution in [0.5, 0.6) is 0 Å². The first kappa shape index (κ1) is 21.0. The molecular weight excluding hydrogens is 416 g/mol. The molecule has 1 aliphatic heterocycles. The highest BCUT2D eigenvalue weighted by atomic mass is 16.5. The maximum atomic E-state index is 13.2. The average molecular weight is 440 g/mol. The van der Waals surface area contributed by atoms with Crippen molar-refractivity contribution in [3.8, 4) is 0 Å². The minimum atomic E-state index is -0.462. The van der Waals surface area contributed by atoms with Gasteiger partial charge in [-0.25, -0.2) is 0 Å². The van der Waals surface area contributed by atoms with Crippen LogP contribution in [-0.2, 0) is 9.53 Å². The van der Waals surface area contributed by atoms with Crippen LogP contribution in [0, 0.1) is 0 Å². The fourth-order valence-electron chi connectivity index (χ4n) is 4.07. The molecule has 0 unspecified atom stereocenters. The first-order chi connectivity index (χ1) is 16.2. The average Bonchev–Trinajstić information content (AvgIpc) is 3.53. The molecule has 0 saturated carbocycles. The number of carbonyl (C=O) groups excluding carboxylic acids is 2. The Labute approximate surface area is 191 Å². The summed E-state index contributed by atoms with van der Waals surface area (Å²) in [6.07, 6.45) is 1.16. The Balaban J connectivity index is 1.39. The summed E-state index contributed by atoms with van der Waals surface area (Å²) in [6.45, 7) is 0.600. The molecule has 0 aliphatic carbocycles. The number of anilines is 1. The summed E-state index contributed by atoms with van der Waals surface area (Å²) in [6, 6.07) is 25.8. The van der Waals surface area contributed by atoms with E-state index in [-0.39, 0.29) is 11.8 Å². The zero-order valence-corrected chi connectivity index (χ0v) is 18.0. The van der Waals surface area contributed by atoms with Crippen molar-refractivity contribution >= 4 is 28.5 Å². The lowest BCUT2D eigenvalue weighted by molar-refractivity contribution is -0.124. The molecule has 2 atom stereocenters. The largest absolute Gasteiger partial charge is 0.459 e. The lowest BCUT2D eigenvalue weighted by atomic mass is 10.0. The minimum Gasteiger partial charge on any atom is -0.459 e. The van der Waals surface area contributed by atoms with Gasteiger partial charge in [0.05, 0.1) is 0 Å². The highest BCUT2D eigenvalue weighted by Gasteiger charge is 2.24. The zero-order valence-electron chi connectivity index (χ0n) is 18.0. The second kappa shape index (κ2) is 9.30. The first-order valence-electron chi connectivity index (χ1n) is 11.0. The standard InChI is InChI=1S/C27H24N2O4/c30-26(20-11-6-12-21(16-20)28-27(31)23-14-7-15-32-23)29-25(18-8-2-1-3-9-18)24-17-19-10-4-5-13-22(19)33-24/h1-6,8-13,16-17,23,25H,7,14-15H2,(H,28,31)(H,29,30)/t23-,25+/m1/s1. The third-order valence-electron chi connectivity index (χ3n) is 5.75. The normalized spacial score (nSPS) is 16.4. The zero-order chi connectivity index (χ0) is 22.6. The van der Waals surface area contributed by atoms with E-state index >= 15 is 0 Å². The number of amides is 2. The van der Waals surface area contributed by atoms with E-state index < -0.39 is 12.1 Å². The molecule has 3 aromatic carbocycles. The van der Waals surface area contributed by atoms with Crippen molar-refractivity contribution in [2.75, 3.05) is 11.9 Å². The number of hydrogen-bond acceptors (Lipinski definition) is 4. The third kappa shape index (κ3) is 4.66. The summed E-state index contributed by atoms with van der Waals surface area (Å²) in [5.41, 5.74) is 2.68. The van der Waals surface area contributed by atoms with E-state index in [1.54, 1.807) is 24.3 Å².